The van der Waals surface area contributed by atoms with Crippen LogP contribution in [0.3, 0.4) is 0 Å². The molecule has 0 amide bonds. The molecule has 0 bridgehead atoms. The molecule has 7 nitrogen and oxygen atoms in total. The molecule has 0 aliphatic carbocycles. The molecule has 156 valence electrons. The van der Waals surface area contributed by atoms with E-state index in [9.17, 15) is 9.59 Å². The van der Waals surface area contributed by atoms with Gasteiger partial charge in [-0.3, -0.25) is 14.5 Å². The number of rotatable bonds is 4. The van der Waals surface area contributed by atoms with Crippen molar-refractivity contribution in [3.63, 3.8) is 0 Å². The summed E-state index contributed by atoms with van der Waals surface area (Å²) in [6.45, 7) is 2.42. The summed E-state index contributed by atoms with van der Waals surface area (Å²) in [4.78, 5) is 28.1. The van der Waals surface area contributed by atoms with Gasteiger partial charge in [-0.05, 0) is 48.7 Å². The Hall–Kier alpha value is -3.06. The first kappa shape index (κ1) is 18.9. The largest absolute Gasteiger partial charge is 0.493 e. The highest BCUT2D eigenvalue weighted by atomic mass is 16.7. The molecule has 2 aromatic carbocycles. The van der Waals surface area contributed by atoms with Crippen molar-refractivity contribution in [1.82, 2.24) is 4.90 Å². The zero-order valence-electron chi connectivity index (χ0n) is 17.2. The second-order valence-electron chi connectivity index (χ2n) is 7.84. The molecule has 3 heterocycles. The number of Topliss-reactive ketones (excluding diaryl/α,β-unsaturated/α-hetero) is 2. The van der Waals surface area contributed by atoms with Gasteiger partial charge in [-0.15, -0.1) is 0 Å². The minimum Gasteiger partial charge on any atom is -0.493 e. The Morgan fingerprint density at radius 3 is 2.63 bits per heavy atom. The Labute approximate surface area is 174 Å². The van der Waals surface area contributed by atoms with E-state index in [0.717, 1.165) is 28.9 Å². The lowest BCUT2D eigenvalue weighted by molar-refractivity contribution is -0.118. The van der Waals surface area contributed by atoms with E-state index in [4.69, 9.17) is 18.9 Å². The molecule has 30 heavy (non-hydrogen) atoms. The van der Waals surface area contributed by atoms with E-state index in [1.165, 1.54) is 0 Å². The van der Waals surface area contributed by atoms with Gasteiger partial charge in [0.1, 0.15) is 5.78 Å². The smallest absolute Gasteiger partial charge is 0.231 e. The Morgan fingerprint density at radius 2 is 1.93 bits per heavy atom. The predicted molar refractivity (Wildman–Crippen MR) is 108 cm³/mol. The second kappa shape index (κ2) is 7.02. The molecular formula is C23H23NO6. The molecule has 2 aromatic rings. The summed E-state index contributed by atoms with van der Waals surface area (Å²) in [6, 6.07) is 6.68. The van der Waals surface area contributed by atoms with Gasteiger partial charge in [0.05, 0.1) is 20.3 Å². The van der Waals surface area contributed by atoms with Crippen molar-refractivity contribution in [3.8, 4) is 23.0 Å². The molecule has 0 saturated carbocycles. The number of methoxy groups -OCH3 is 2. The number of hydrogen-bond acceptors (Lipinski definition) is 7. The van der Waals surface area contributed by atoms with E-state index in [0.29, 0.717) is 35.8 Å². The van der Waals surface area contributed by atoms with Crippen molar-refractivity contribution in [2.24, 2.45) is 0 Å². The van der Waals surface area contributed by atoms with Crippen molar-refractivity contribution >= 4 is 11.6 Å². The SMILES string of the molecule is COc1ccc2c(c1OC)C(CC(C)=O)N1CCc3cc4c(cc3C1C2=O)OCO4. The molecule has 3 aliphatic heterocycles. The zero-order valence-corrected chi connectivity index (χ0v) is 17.2. The van der Waals surface area contributed by atoms with Crippen LogP contribution in [0.2, 0.25) is 0 Å². The van der Waals surface area contributed by atoms with Gasteiger partial charge in [0, 0.05) is 30.1 Å². The van der Waals surface area contributed by atoms with Crippen molar-refractivity contribution in [2.45, 2.75) is 31.8 Å². The lowest BCUT2D eigenvalue weighted by Crippen LogP contribution is -2.46. The third kappa shape index (κ3) is 2.69. The third-order valence-electron chi connectivity index (χ3n) is 6.21. The van der Waals surface area contributed by atoms with Crippen LogP contribution < -0.4 is 18.9 Å². The van der Waals surface area contributed by atoms with E-state index in [1.54, 1.807) is 33.3 Å². The van der Waals surface area contributed by atoms with Gasteiger partial charge in [0.2, 0.25) is 6.79 Å². The quantitative estimate of drug-likeness (QED) is 0.767. The number of ether oxygens (including phenoxy) is 4. The summed E-state index contributed by atoms with van der Waals surface area (Å²) in [7, 11) is 3.13. The molecule has 0 radical (unpaired) electrons. The minimum absolute atomic E-state index is 0.00873. The highest BCUT2D eigenvalue weighted by molar-refractivity contribution is 6.04. The molecule has 0 spiro atoms. The van der Waals surface area contributed by atoms with Gasteiger partial charge in [-0.25, -0.2) is 0 Å². The summed E-state index contributed by atoms with van der Waals surface area (Å²) in [5.41, 5.74) is 3.31. The molecule has 0 aromatic heterocycles. The summed E-state index contributed by atoms with van der Waals surface area (Å²) >= 11 is 0. The monoisotopic (exact) mass is 409 g/mol. The highest BCUT2D eigenvalue weighted by Gasteiger charge is 2.46. The molecule has 3 aliphatic rings. The average Bonchev–Trinajstić information content (AvgIpc) is 3.20. The van der Waals surface area contributed by atoms with E-state index >= 15 is 0 Å². The second-order valence-corrected chi connectivity index (χ2v) is 7.84. The first-order valence-electron chi connectivity index (χ1n) is 10.00. The maximum absolute atomic E-state index is 13.7. The van der Waals surface area contributed by atoms with Gasteiger partial charge in [0.15, 0.2) is 28.8 Å². The van der Waals surface area contributed by atoms with Crippen LogP contribution in [0.4, 0.5) is 0 Å². The Morgan fingerprint density at radius 1 is 1.17 bits per heavy atom. The van der Waals surface area contributed by atoms with E-state index in [-0.39, 0.29) is 24.4 Å². The summed E-state index contributed by atoms with van der Waals surface area (Å²) in [6.07, 6.45) is 1.05. The van der Waals surface area contributed by atoms with Crippen LogP contribution in [0.15, 0.2) is 24.3 Å². The highest BCUT2D eigenvalue weighted by Crippen LogP contribution is 2.51. The van der Waals surface area contributed by atoms with Crippen molar-refractivity contribution in [3.05, 3.63) is 46.5 Å². The lowest BCUT2D eigenvalue weighted by atomic mass is 9.78. The Balaban J connectivity index is 1.71. The predicted octanol–water partition coefficient (Wildman–Crippen LogP) is 3.25. The van der Waals surface area contributed by atoms with Crippen molar-refractivity contribution in [2.75, 3.05) is 27.6 Å². The van der Waals surface area contributed by atoms with Crippen molar-refractivity contribution < 1.29 is 28.5 Å². The van der Waals surface area contributed by atoms with Crippen LogP contribution in [0.5, 0.6) is 23.0 Å². The van der Waals surface area contributed by atoms with Crippen LogP contribution in [-0.4, -0.2) is 44.0 Å². The van der Waals surface area contributed by atoms with Gasteiger partial charge < -0.3 is 18.9 Å². The maximum Gasteiger partial charge on any atom is 0.231 e. The number of benzene rings is 2. The zero-order chi connectivity index (χ0) is 21.0. The van der Waals surface area contributed by atoms with Gasteiger partial charge in [-0.2, -0.15) is 0 Å². The normalized spacial score (nSPS) is 21.5. The minimum atomic E-state index is -0.474. The number of carbonyl (C=O) groups excluding carboxylic acids is 2. The topological polar surface area (TPSA) is 74.3 Å². The van der Waals surface area contributed by atoms with Gasteiger partial charge >= 0.3 is 0 Å². The van der Waals surface area contributed by atoms with Crippen LogP contribution in [0.1, 0.15) is 52.5 Å². The number of hydrogen-bond donors (Lipinski definition) is 0. The molecule has 5 rings (SSSR count). The van der Waals surface area contributed by atoms with Crippen LogP contribution >= 0.6 is 0 Å². The lowest BCUT2D eigenvalue weighted by Gasteiger charge is -2.45. The fourth-order valence-electron chi connectivity index (χ4n) is 4.96. The fourth-order valence-corrected chi connectivity index (χ4v) is 4.96. The standard InChI is InChI=1S/C23H23NO6/c1-12(25)8-16-20-14(4-5-17(27-2)23(20)28-3)22(26)21-15-10-19-18(29-11-30-19)9-13(15)6-7-24(16)21/h4-5,9-10,16,21H,6-8,11H2,1-3H3. The Bertz CT molecular complexity index is 1060. The van der Waals surface area contributed by atoms with Gasteiger partial charge in [0.25, 0.3) is 0 Å². The number of fused-ring (bicyclic) bond motifs is 5. The molecule has 2 unspecified atom stereocenters. The van der Waals surface area contributed by atoms with Crippen LogP contribution in [0, 0.1) is 0 Å². The Kier molecular flexibility index (Phi) is 4.43. The van der Waals surface area contributed by atoms with E-state index in [2.05, 4.69) is 4.90 Å². The van der Waals surface area contributed by atoms with Crippen LogP contribution in [0.25, 0.3) is 0 Å². The molecule has 0 fully saturated rings. The van der Waals surface area contributed by atoms with Gasteiger partial charge in [-0.1, -0.05) is 0 Å². The van der Waals surface area contributed by atoms with Crippen molar-refractivity contribution in [1.29, 1.82) is 0 Å². The van der Waals surface area contributed by atoms with E-state index in [1.807, 2.05) is 12.1 Å². The summed E-state index contributed by atoms with van der Waals surface area (Å²) < 4.78 is 22.2. The first-order valence-corrected chi connectivity index (χ1v) is 10.00. The molecule has 0 saturated heterocycles. The van der Waals surface area contributed by atoms with Crippen LogP contribution in [-0.2, 0) is 11.2 Å². The number of ketones is 2. The number of nitrogens with zero attached hydrogens (tertiary/aromatic N) is 1. The first-order chi connectivity index (χ1) is 14.5. The third-order valence-corrected chi connectivity index (χ3v) is 6.21. The average molecular weight is 409 g/mol. The summed E-state index contributed by atoms with van der Waals surface area (Å²) in [5.74, 6) is 2.49. The fraction of sp³-hybridized carbons (Fsp3) is 0.391. The van der Waals surface area contributed by atoms with E-state index < -0.39 is 6.04 Å². The molecule has 7 heteroatoms. The number of carbonyl (C=O) groups is 2. The molecule has 2 atom stereocenters. The summed E-state index contributed by atoms with van der Waals surface area (Å²) in [5, 5.41) is 0. The molecule has 0 N–H and O–H groups in total. The maximum atomic E-state index is 13.7. The molecular weight excluding hydrogens is 386 g/mol.